The predicted molar refractivity (Wildman–Crippen MR) is 136 cm³/mol. The Hall–Kier alpha value is -2.70. The van der Waals surface area contributed by atoms with Crippen LogP contribution in [0.1, 0.15) is 61.9 Å². The van der Waals surface area contributed by atoms with E-state index in [4.69, 9.17) is 14.2 Å². The summed E-state index contributed by atoms with van der Waals surface area (Å²) in [5.41, 5.74) is 5.64. The van der Waals surface area contributed by atoms with E-state index in [2.05, 4.69) is 30.1 Å². The fraction of sp³-hybridized carbons (Fsp3) is 0.429. The van der Waals surface area contributed by atoms with Crippen molar-refractivity contribution in [3.63, 3.8) is 0 Å². The number of fused-ring (bicyclic) bond motifs is 1. The Labute approximate surface area is 206 Å². The van der Waals surface area contributed by atoms with Crippen LogP contribution in [0.15, 0.2) is 36.5 Å². The fourth-order valence-electron chi connectivity index (χ4n) is 4.36. The number of pyridine rings is 1. The van der Waals surface area contributed by atoms with E-state index in [9.17, 15) is 4.79 Å². The lowest BCUT2D eigenvalue weighted by Gasteiger charge is -2.27. The van der Waals surface area contributed by atoms with Crippen molar-refractivity contribution in [1.29, 1.82) is 0 Å². The summed E-state index contributed by atoms with van der Waals surface area (Å²) in [6.45, 7) is 12.8. The number of thiophene rings is 1. The molecule has 0 bridgehead atoms. The molecular weight excluding hydrogens is 446 g/mol. The van der Waals surface area contributed by atoms with Crippen molar-refractivity contribution in [3.8, 4) is 27.3 Å². The summed E-state index contributed by atoms with van der Waals surface area (Å²) in [6, 6.07) is 10.5. The Bertz CT molecular complexity index is 1190. The van der Waals surface area contributed by atoms with Gasteiger partial charge in [-0.25, -0.2) is 4.79 Å². The van der Waals surface area contributed by atoms with Crippen LogP contribution in [0.2, 0.25) is 0 Å². The van der Waals surface area contributed by atoms with Gasteiger partial charge in [0.1, 0.15) is 5.75 Å². The largest absolute Gasteiger partial charge is 0.493 e. The SMILES string of the molecule is CCOC(=O)C(OC(C)(C)C)c1c(C)sc(-c2ccnc(C)c2)c1-c1ccc2c(c1)CCCO2. The number of esters is 1. The standard InChI is InChI=1S/C28H33NO4S/c1-7-31-27(30)25(33-28(4,5)6)23-18(3)34-26(21-12-13-29-17(2)15-21)24(23)20-10-11-22-19(16-20)9-8-14-32-22/h10-13,15-16,25H,7-9,14H2,1-6H3. The molecule has 34 heavy (non-hydrogen) atoms. The lowest BCUT2D eigenvalue weighted by Crippen LogP contribution is -2.29. The number of nitrogens with zero attached hydrogens (tertiary/aromatic N) is 1. The van der Waals surface area contributed by atoms with Crippen LogP contribution in [-0.2, 0) is 20.7 Å². The molecule has 0 amide bonds. The van der Waals surface area contributed by atoms with Gasteiger partial charge in [-0.05, 0) is 95.3 Å². The minimum absolute atomic E-state index is 0.300. The second kappa shape index (κ2) is 9.88. The van der Waals surface area contributed by atoms with Crippen molar-refractivity contribution in [2.24, 2.45) is 0 Å². The summed E-state index contributed by atoms with van der Waals surface area (Å²) in [6.07, 6.45) is 2.99. The lowest BCUT2D eigenvalue weighted by atomic mass is 9.91. The van der Waals surface area contributed by atoms with Gasteiger partial charge in [0.2, 0.25) is 0 Å². The first kappa shape index (κ1) is 24.4. The molecule has 0 aliphatic carbocycles. The maximum absolute atomic E-state index is 13.2. The fourth-order valence-corrected chi connectivity index (χ4v) is 5.56. The second-order valence-electron chi connectivity index (χ2n) is 9.60. The van der Waals surface area contributed by atoms with Crippen LogP contribution >= 0.6 is 11.3 Å². The van der Waals surface area contributed by atoms with E-state index >= 15 is 0 Å². The molecule has 0 radical (unpaired) electrons. The molecule has 180 valence electrons. The molecule has 4 rings (SSSR count). The Balaban J connectivity index is 1.97. The molecule has 0 saturated carbocycles. The first-order valence-electron chi connectivity index (χ1n) is 11.8. The smallest absolute Gasteiger partial charge is 0.340 e. The zero-order valence-electron chi connectivity index (χ0n) is 20.9. The predicted octanol–water partition coefficient (Wildman–Crippen LogP) is 6.84. The molecule has 1 atom stereocenters. The molecule has 0 N–H and O–H groups in total. The van der Waals surface area contributed by atoms with Crippen molar-refractivity contribution in [2.45, 2.75) is 66.1 Å². The van der Waals surface area contributed by atoms with Crippen molar-refractivity contribution in [3.05, 3.63) is 58.2 Å². The normalized spacial score (nSPS) is 14.3. The number of hydrogen-bond acceptors (Lipinski definition) is 6. The Morgan fingerprint density at radius 2 is 1.97 bits per heavy atom. The number of aryl methyl sites for hydroxylation is 3. The third-order valence-corrected chi connectivity index (χ3v) is 6.89. The first-order chi connectivity index (χ1) is 16.2. The van der Waals surface area contributed by atoms with Gasteiger partial charge in [0, 0.05) is 32.8 Å². The quantitative estimate of drug-likeness (QED) is 0.362. The molecular formula is C28H33NO4S. The molecule has 3 aromatic rings. The second-order valence-corrected chi connectivity index (χ2v) is 10.8. The van der Waals surface area contributed by atoms with Gasteiger partial charge >= 0.3 is 5.97 Å². The molecule has 1 aromatic carbocycles. The van der Waals surface area contributed by atoms with Gasteiger partial charge in [-0.3, -0.25) is 4.98 Å². The van der Waals surface area contributed by atoms with E-state index in [-0.39, 0.29) is 5.97 Å². The molecule has 0 saturated heterocycles. The van der Waals surface area contributed by atoms with E-state index in [1.807, 2.05) is 52.9 Å². The summed E-state index contributed by atoms with van der Waals surface area (Å²) < 4.78 is 17.7. The average Bonchev–Trinajstić information content (AvgIpc) is 3.13. The topological polar surface area (TPSA) is 57.7 Å². The molecule has 1 unspecified atom stereocenters. The van der Waals surface area contributed by atoms with Gasteiger partial charge in [-0.2, -0.15) is 0 Å². The first-order valence-corrected chi connectivity index (χ1v) is 12.7. The van der Waals surface area contributed by atoms with Crippen LogP contribution in [0.25, 0.3) is 21.6 Å². The van der Waals surface area contributed by atoms with E-state index in [0.29, 0.717) is 6.61 Å². The van der Waals surface area contributed by atoms with Crippen molar-refractivity contribution >= 4 is 17.3 Å². The molecule has 5 nitrogen and oxygen atoms in total. The number of rotatable bonds is 6. The van der Waals surface area contributed by atoms with Gasteiger partial charge in [-0.1, -0.05) is 6.07 Å². The Morgan fingerprint density at radius 3 is 2.68 bits per heavy atom. The number of carbonyl (C=O) groups excluding carboxylic acids is 1. The zero-order chi connectivity index (χ0) is 24.5. The molecule has 0 spiro atoms. The van der Waals surface area contributed by atoms with Crippen LogP contribution in [0.3, 0.4) is 0 Å². The van der Waals surface area contributed by atoms with Crippen molar-refractivity contribution < 1.29 is 19.0 Å². The number of benzene rings is 1. The van der Waals surface area contributed by atoms with Crippen LogP contribution in [0.5, 0.6) is 5.75 Å². The highest BCUT2D eigenvalue weighted by molar-refractivity contribution is 7.16. The van der Waals surface area contributed by atoms with E-state index < -0.39 is 11.7 Å². The third-order valence-electron chi connectivity index (χ3n) is 5.72. The van der Waals surface area contributed by atoms with Gasteiger partial charge < -0.3 is 14.2 Å². The summed E-state index contributed by atoms with van der Waals surface area (Å²) in [7, 11) is 0. The molecule has 6 heteroatoms. The number of ether oxygens (including phenoxy) is 3. The van der Waals surface area contributed by atoms with Crippen LogP contribution in [0.4, 0.5) is 0 Å². The highest BCUT2D eigenvalue weighted by Crippen LogP contribution is 2.48. The minimum Gasteiger partial charge on any atom is -0.493 e. The summed E-state index contributed by atoms with van der Waals surface area (Å²) >= 11 is 1.68. The van der Waals surface area contributed by atoms with E-state index in [0.717, 1.165) is 62.9 Å². The van der Waals surface area contributed by atoms with Gasteiger partial charge in [0.25, 0.3) is 0 Å². The van der Waals surface area contributed by atoms with Gasteiger partial charge in [-0.15, -0.1) is 11.3 Å². The number of aromatic nitrogens is 1. The van der Waals surface area contributed by atoms with Crippen LogP contribution in [-0.4, -0.2) is 29.8 Å². The highest BCUT2D eigenvalue weighted by atomic mass is 32.1. The lowest BCUT2D eigenvalue weighted by molar-refractivity contribution is -0.166. The molecule has 3 heterocycles. The number of hydrogen-bond donors (Lipinski definition) is 0. The Kier molecular flexibility index (Phi) is 7.10. The van der Waals surface area contributed by atoms with Crippen LogP contribution < -0.4 is 4.74 Å². The van der Waals surface area contributed by atoms with Crippen molar-refractivity contribution in [2.75, 3.05) is 13.2 Å². The summed E-state index contributed by atoms with van der Waals surface area (Å²) in [5.74, 6) is 0.580. The van der Waals surface area contributed by atoms with E-state index in [1.165, 1.54) is 5.56 Å². The summed E-state index contributed by atoms with van der Waals surface area (Å²) in [5, 5.41) is 0. The average molecular weight is 480 g/mol. The monoisotopic (exact) mass is 479 g/mol. The maximum atomic E-state index is 13.2. The van der Waals surface area contributed by atoms with Crippen molar-refractivity contribution in [1.82, 2.24) is 4.98 Å². The highest BCUT2D eigenvalue weighted by Gasteiger charge is 2.35. The van der Waals surface area contributed by atoms with Crippen LogP contribution in [0, 0.1) is 13.8 Å². The minimum atomic E-state index is -0.824. The number of carbonyl (C=O) groups is 1. The van der Waals surface area contributed by atoms with Gasteiger partial charge in [0.15, 0.2) is 6.10 Å². The zero-order valence-corrected chi connectivity index (χ0v) is 21.7. The molecule has 1 aliphatic heterocycles. The van der Waals surface area contributed by atoms with Gasteiger partial charge in [0.05, 0.1) is 18.8 Å². The molecule has 1 aliphatic rings. The summed E-state index contributed by atoms with van der Waals surface area (Å²) in [4.78, 5) is 19.7. The van der Waals surface area contributed by atoms with E-state index in [1.54, 1.807) is 11.3 Å². The third kappa shape index (κ3) is 5.18. The molecule has 2 aromatic heterocycles. The molecule has 0 fully saturated rings. The Morgan fingerprint density at radius 1 is 1.18 bits per heavy atom. The maximum Gasteiger partial charge on any atom is 0.340 e.